The van der Waals surface area contributed by atoms with Crippen LogP contribution in [0.3, 0.4) is 0 Å². The lowest BCUT2D eigenvalue weighted by Crippen LogP contribution is -2.38. The lowest BCUT2D eigenvalue weighted by atomic mass is 9.97. The third-order valence-corrected chi connectivity index (χ3v) is 3.57. The Hall–Kier alpha value is -1.70. The SMILES string of the molecule is CC1(C)CC(C#N)CN1c1ccc(C(F)(F)F)cc1. The smallest absolute Gasteiger partial charge is 0.365 e. The Morgan fingerprint density at radius 3 is 2.26 bits per heavy atom. The van der Waals surface area contributed by atoms with Crippen LogP contribution in [0.1, 0.15) is 25.8 Å². The molecule has 0 radical (unpaired) electrons. The van der Waals surface area contributed by atoms with Crippen molar-refractivity contribution in [2.24, 2.45) is 5.92 Å². The fourth-order valence-electron chi connectivity index (χ4n) is 2.62. The first-order valence-electron chi connectivity index (χ1n) is 6.08. The largest absolute Gasteiger partial charge is 0.416 e. The van der Waals surface area contributed by atoms with Gasteiger partial charge in [0.2, 0.25) is 0 Å². The van der Waals surface area contributed by atoms with Gasteiger partial charge >= 0.3 is 6.18 Å². The fourth-order valence-corrected chi connectivity index (χ4v) is 2.62. The number of hydrogen-bond acceptors (Lipinski definition) is 2. The average molecular weight is 268 g/mol. The van der Waals surface area contributed by atoms with Crippen molar-refractivity contribution in [2.75, 3.05) is 11.4 Å². The van der Waals surface area contributed by atoms with Gasteiger partial charge in [-0.1, -0.05) is 0 Å². The lowest BCUT2D eigenvalue weighted by molar-refractivity contribution is -0.137. The number of halogens is 3. The number of nitriles is 1. The molecule has 0 saturated carbocycles. The van der Waals surface area contributed by atoms with E-state index in [0.717, 1.165) is 24.2 Å². The highest BCUT2D eigenvalue weighted by Gasteiger charge is 2.39. The molecule has 1 atom stereocenters. The summed E-state index contributed by atoms with van der Waals surface area (Å²) in [5.74, 6) is -0.0720. The highest BCUT2D eigenvalue weighted by atomic mass is 19.4. The molecule has 1 saturated heterocycles. The van der Waals surface area contributed by atoms with E-state index in [1.165, 1.54) is 12.1 Å². The molecular formula is C14H15F3N2. The van der Waals surface area contributed by atoms with E-state index in [2.05, 4.69) is 6.07 Å². The van der Waals surface area contributed by atoms with Gasteiger partial charge < -0.3 is 4.90 Å². The van der Waals surface area contributed by atoms with Gasteiger partial charge in [0.05, 0.1) is 17.6 Å². The van der Waals surface area contributed by atoms with Crippen molar-refractivity contribution in [3.63, 3.8) is 0 Å². The Morgan fingerprint density at radius 2 is 1.84 bits per heavy atom. The van der Waals surface area contributed by atoms with Crippen molar-refractivity contribution in [1.82, 2.24) is 0 Å². The lowest BCUT2D eigenvalue weighted by Gasteiger charge is -2.33. The highest BCUT2D eigenvalue weighted by Crippen LogP contribution is 2.38. The first-order valence-corrected chi connectivity index (χ1v) is 6.08. The number of nitrogens with zero attached hydrogens (tertiary/aromatic N) is 2. The molecule has 0 amide bonds. The zero-order valence-corrected chi connectivity index (χ0v) is 10.8. The van der Waals surface area contributed by atoms with Crippen LogP contribution < -0.4 is 4.90 Å². The molecular weight excluding hydrogens is 253 g/mol. The maximum absolute atomic E-state index is 12.5. The summed E-state index contributed by atoms with van der Waals surface area (Å²) in [7, 11) is 0. The van der Waals surface area contributed by atoms with Crippen LogP contribution in [0.5, 0.6) is 0 Å². The van der Waals surface area contributed by atoms with E-state index < -0.39 is 11.7 Å². The summed E-state index contributed by atoms with van der Waals surface area (Å²) in [6.45, 7) is 4.57. The minimum atomic E-state index is -4.31. The third kappa shape index (κ3) is 2.67. The minimum Gasteiger partial charge on any atom is -0.365 e. The van der Waals surface area contributed by atoms with E-state index in [0.29, 0.717) is 6.54 Å². The van der Waals surface area contributed by atoms with Crippen LogP contribution in [0.25, 0.3) is 0 Å². The van der Waals surface area contributed by atoms with E-state index in [4.69, 9.17) is 5.26 Å². The van der Waals surface area contributed by atoms with E-state index in [9.17, 15) is 13.2 Å². The topological polar surface area (TPSA) is 27.0 Å². The van der Waals surface area contributed by atoms with Crippen LogP contribution in [0.2, 0.25) is 0 Å². The Bertz CT molecular complexity index is 497. The predicted molar refractivity (Wildman–Crippen MR) is 66.6 cm³/mol. The van der Waals surface area contributed by atoms with Crippen molar-refractivity contribution in [3.05, 3.63) is 29.8 Å². The minimum absolute atomic E-state index is 0.0720. The summed E-state index contributed by atoms with van der Waals surface area (Å²) >= 11 is 0. The van der Waals surface area contributed by atoms with E-state index in [1.54, 1.807) is 0 Å². The van der Waals surface area contributed by atoms with Crippen LogP contribution in [-0.4, -0.2) is 12.1 Å². The zero-order chi connectivity index (χ0) is 14.3. The predicted octanol–water partition coefficient (Wildman–Crippen LogP) is 3.83. The van der Waals surface area contributed by atoms with Crippen LogP contribution in [-0.2, 0) is 6.18 Å². The van der Waals surface area contributed by atoms with Gasteiger partial charge in [0.1, 0.15) is 0 Å². The van der Waals surface area contributed by atoms with Gasteiger partial charge in [-0.2, -0.15) is 18.4 Å². The van der Waals surface area contributed by atoms with Gasteiger partial charge in [0, 0.05) is 17.8 Å². The molecule has 1 unspecified atom stereocenters. The molecule has 1 heterocycles. The second kappa shape index (κ2) is 4.44. The summed E-state index contributed by atoms with van der Waals surface area (Å²) in [5.41, 5.74) is -0.124. The molecule has 2 nitrogen and oxygen atoms in total. The van der Waals surface area contributed by atoms with Crippen LogP contribution in [0.4, 0.5) is 18.9 Å². The molecule has 1 aliphatic heterocycles. The molecule has 2 rings (SSSR count). The van der Waals surface area contributed by atoms with Gasteiger partial charge in [-0.3, -0.25) is 0 Å². The first-order chi connectivity index (χ1) is 8.74. The van der Waals surface area contributed by atoms with Gasteiger partial charge in [0.25, 0.3) is 0 Å². The average Bonchev–Trinajstić information content (AvgIpc) is 2.63. The van der Waals surface area contributed by atoms with Gasteiger partial charge in [0.15, 0.2) is 0 Å². The summed E-state index contributed by atoms with van der Waals surface area (Å²) in [4.78, 5) is 2.00. The molecule has 19 heavy (non-hydrogen) atoms. The number of rotatable bonds is 1. The van der Waals surface area contributed by atoms with Crippen molar-refractivity contribution >= 4 is 5.69 Å². The molecule has 102 valence electrons. The molecule has 0 spiro atoms. The fraction of sp³-hybridized carbons (Fsp3) is 0.500. The maximum Gasteiger partial charge on any atom is 0.416 e. The van der Waals surface area contributed by atoms with E-state index >= 15 is 0 Å². The number of hydrogen-bond donors (Lipinski definition) is 0. The van der Waals surface area contributed by atoms with Gasteiger partial charge in [-0.25, -0.2) is 0 Å². The molecule has 0 aliphatic carbocycles. The molecule has 1 fully saturated rings. The van der Waals surface area contributed by atoms with Crippen LogP contribution >= 0.6 is 0 Å². The molecule has 5 heteroatoms. The molecule has 1 aromatic rings. The summed E-state index contributed by atoms with van der Waals surface area (Å²) in [5, 5.41) is 8.99. The molecule has 0 aromatic heterocycles. The van der Waals surface area contributed by atoms with Crippen LogP contribution in [0.15, 0.2) is 24.3 Å². The standard InChI is InChI=1S/C14H15F3N2/c1-13(2)7-10(8-18)9-19(13)12-5-3-11(4-6-12)14(15,16)17/h3-6,10H,7,9H2,1-2H3. The normalized spacial score (nSPS) is 22.3. The summed E-state index contributed by atoms with van der Waals surface area (Å²) < 4.78 is 37.5. The number of alkyl halides is 3. The van der Waals surface area contributed by atoms with E-state index in [-0.39, 0.29) is 11.5 Å². The van der Waals surface area contributed by atoms with Crippen molar-refractivity contribution in [2.45, 2.75) is 32.0 Å². The monoisotopic (exact) mass is 268 g/mol. The molecule has 1 aromatic carbocycles. The Labute approximate surface area is 110 Å². The first kappa shape index (κ1) is 13.7. The van der Waals surface area contributed by atoms with E-state index in [1.807, 2.05) is 18.7 Å². The quantitative estimate of drug-likeness (QED) is 0.774. The molecule has 1 aliphatic rings. The number of benzene rings is 1. The summed E-state index contributed by atoms with van der Waals surface area (Å²) in [6.07, 6.45) is -3.58. The Kier molecular flexibility index (Phi) is 3.21. The summed E-state index contributed by atoms with van der Waals surface area (Å²) in [6, 6.07) is 7.36. The Balaban J connectivity index is 2.26. The van der Waals surface area contributed by atoms with Gasteiger partial charge in [-0.15, -0.1) is 0 Å². The zero-order valence-electron chi connectivity index (χ0n) is 10.8. The van der Waals surface area contributed by atoms with Crippen molar-refractivity contribution in [3.8, 4) is 6.07 Å². The highest BCUT2D eigenvalue weighted by molar-refractivity contribution is 5.52. The molecule has 0 N–H and O–H groups in total. The second-order valence-corrected chi connectivity index (χ2v) is 5.50. The second-order valence-electron chi connectivity index (χ2n) is 5.50. The third-order valence-electron chi connectivity index (χ3n) is 3.57. The maximum atomic E-state index is 12.5. The van der Waals surface area contributed by atoms with Gasteiger partial charge in [-0.05, 0) is 44.5 Å². The Morgan fingerprint density at radius 1 is 1.26 bits per heavy atom. The number of anilines is 1. The van der Waals surface area contributed by atoms with Crippen LogP contribution in [0, 0.1) is 17.2 Å². The van der Waals surface area contributed by atoms with Crippen molar-refractivity contribution < 1.29 is 13.2 Å². The van der Waals surface area contributed by atoms with Crippen molar-refractivity contribution in [1.29, 1.82) is 5.26 Å². The molecule has 0 bridgehead atoms.